The van der Waals surface area contributed by atoms with Crippen molar-refractivity contribution < 1.29 is 5.11 Å². The molecule has 0 spiro atoms. The molecule has 0 saturated carbocycles. The number of nitrogens with two attached hydrogens (primary N) is 1. The minimum Gasteiger partial charge on any atom is -0.396 e. The van der Waals surface area contributed by atoms with Crippen molar-refractivity contribution in [3.05, 3.63) is 0 Å². The highest BCUT2D eigenvalue weighted by Crippen LogP contribution is 2.28. The molecule has 102 valence electrons. The Balaban J connectivity index is 2.55. The van der Waals surface area contributed by atoms with Crippen LogP contribution in [-0.4, -0.2) is 42.3 Å². The maximum atomic E-state index is 9.14. The summed E-state index contributed by atoms with van der Waals surface area (Å²) in [5, 5.41) is 9.14. The van der Waals surface area contributed by atoms with E-state index in [0.29, 0.717) is 12.6 Å². The molecule has 1 saturated heterocycles. The van der Waals surface area contributed by atoms with Gasteiger partial charge in [-0.2, -0.15) is 0 Å². The molecule has 0 aromatic carbocycles. The second kappa shape index (κ2) is 7.34. The van der Waals surface area contributed by atoms with E-state index < -0.39 is 0 Å². The Kier molecular flexibility index (Phi) is 6.45. The summed E-state index contributed by atoms with van der Waals surface area (Å²) in [5.74, 6) is 0. The van der Waals surface area contributed by atoms with Crippen LogP contribution in [0.5, 0.6) is 0 Å². The van der Waals surface area contributed by atoms with Crippen molar-refractivity contribution in [1.82, 2.24) is 4.90 Å². The van der Waals surface area contributed by atoms with Crippen LogP contribution in [0, 0.1) is 5.41 Å². The average molecular weight is 242 g/mol. The van der Waals surface area contributed by atoms with Gasteiger partial charge in [-0.05, 0) is 44.2 Å². The van der Waals surface area contributed by atoms with Crippen LogP contribution in [-0.2, 0) is 0 Å². The predicted molar refractivity (Wildman–Crippen MR) is 73.0 cm³/mol. The summed E-state index contributed by atoms with van der Waals surface area (Å²) in [5.41, 5.74) is 6.20. The fourth-order valence-electron chi connectivity index (χ4n) is 3.08. The first kappa shape index (κ1) is 14.9. The lowest BCUT2D eigenvalue weighted by Gasteiger charge is -2.41. The molecule has 2 atom stereocenters. The summed E-state index contributed by atoms with van der Waals surface area (Å²) in [6.07, 6.45) is 7.18. The van der Waals surface area contributed by atoms with Gasteiger partial charge in [0.15, 0.2) is 0 Å². The Hall–Kier alpha value is -0.120. The highest BCUT2D eigenvalue weighted by molar-refractivity contribution is 4.84. The number of rotatable bonds is 7. The van der Waals surface area contributed by atoms with Gasteiger partial charge in [0.05, 0.1) is 0 Å². The van der Waals surface area contributed by atoms with Crippen LogP contribution >= 0.6 is 0 Å². The zero-order chi connectivity index (χ0) is 12.7. The van der Waals surface area contributed by atoms with Crippen molar-refractivity contribution in [2.45, 2.75) is 58.4 Å². The van der Waals surface area contributed by atoms with E-state index in [1.165, 1.54) is 38.6 Å². The van der Waals surface area contributed by atoms with E-state index in [2.05, 4.69) is 18.7 Å². The van der Waals surface area contributed by atoms with Crippen LogP contribution in [0.2, 0.25) is 0 Å². The van der Waals surface area contributed by atoms with Gasteiger partial charge in [0.1, 0.15) is 0 Å². The summed E-state index contributed by atoms with van der Waals surface area (Å²) in [4.78, 5) is 2.57. The molecule has 3 nitrogen and oxygen atoms in total. The summed E-state index contributed by atoms with van der Waals surface area (Å²) < 4.78 is 0. The first-order valence-electron chi connectivity index (χ1n) is 7.20. The van der Waals surface area contributed by atoms with Gasteiger partial charge in [-0.25, -0.2) is 0 Å². The topological polar surface area (TPSA) is 49.5 Å². The van der Waals surface area contributed by atoms with Gasteiger partial charge < -0.3 is 10.8 Å². The third-order valence-corrected chi connectivity index (χ3v) is 4.14. The Morgan fingerprint density at radius 3 is 2.76 bits per heavy atom. The van der Waals surface area contributed by atoms with Crippen LogP contribution in [0.1, 0.15) is 52.4 Å². The molecule has 0 aromatic rings. The fourth-order valence-corrected chi connectivity index (χ4v) is 3.08. The van der Waals surface area contributed by atoms with E-state index in [-0.39, 0.29) is 5.41 Å². The Morgan fingerprint density at radius 1 is 1.41 bits per heavy atom. The highest BCUT2D eigenvalue weighted by Gasteiger charge is 2.29. The Labute approximate surface area is 106 Å². The Morgan fingerprint density at radius 2 is 2.18 bits per heavy atom. The van der Waals surface area contributed by atoms with Crippen LogP contribution in [0.3, 0.4) is 0 Å². The number of hydrogen-bond acceptors (Lipinski definition) is 3. The van der Waals surface area contributed by atoms with Gasteiger partial charge in [-0.15, -0.1) is 0 Å². The minimum atomic E-state index is 0.250. The fraction of sp³-hybridized carbons (Fsp3) is 1.00. The van der Waals surface area contributed by atoms with E-state index in [1.54, 1.807) is 0 Å². The molecule has 0 aliphatic carbocycles. The molecule has 1 heterocycles. The van der Waals surface area contributed by atoms with Crippen molar-refractivity contribution in [2.24, 2.45) is 11.1 Å². The van der Waals surface area contributed by atoms with Gasteiger partial charge in [-0.3, -0.25) is 4.90 Å². The third-order valence-electron chi connectivity index (χ3n) is 4.14. The molecule has 0 amide bonds. The second-order valence-electron chi connectivity index (χ2n) is 5.90. The predicted octanol–water partition coefficient (Wildman–Crippen LogP) is 1.99. The molecule has 17 heavy (non-hydrogen) atoms. The van der Waals surface area contributed by atoms with Gasteiger partial charge >= 0.3 is 0 Å². The van der Waals surface area contributed by atoms with Crippen LogP contribution < -0.4 is 5.73 Å². The molecule has 1 fully saturated rings. The first-order chi connectivity index (χ1) is 8.15. The molecule has 1 rings (SSSR count). The average Bonchev–Trinajstić information content (AvgIpc) is 2.32. The minimum absolute atomic E-state index is 0.250. The number of piperidine rings is 1. The zero-order valence-corrected chi connectivity index (χ0v) is 11.6. The largest absolute Gasteiger partial charge is 0.396 e. The number of aliphatic hydroxyl groups excluding tert-OH is 1. The maximum Gasteiger partial charge on any atom is 0.0445 e. The van der Waals surface area contributed by atoms with Crippen molar-refractivity contribution >= 4 is 0 Å². The molecule has 0 aromatic heterocycles. The molecule has 0 radical (unpaired) electrons. The van der Waals surface area contributed by atoms with Crippen molar-refractivity contribution in [1.29, 1.82) is 0 Å². The second-order valence-corrected chi connectivity index (χ2v) is 5.90. The molecule has 1 aliphatic rings. The van der Waals surface area contributed by atoms with Crippen LogP contribution in [0.25, 0.3) is 0 Å². The van der Waals surface area contributed by atoms with Crippen LogP contribution in [0.15, 0.2) is 0 Å². The van der Waals surface area contributed by atoms with Crippen molar-refractivity contribution in [3.8, 4) is 0 Å². The van der Waals surface area contributed by atoms with E-state index in [4.69, 9.17) is 10.8 Å². The SMILES string of the molecule is CCCC(C)(CN)CN1CCCCC1CCO. The standard InChI is InChI=1S/C14H30N2O/c1-3-8-14(2,11-15)12-16-9-5-4-6-13(16)7-10-17/h13,17H,3-12,15H2,1-2H3. The summed E-state index contributed by atoms with van der Waals surface area (Å²) >= 11 is 0. The quantitative estimate of drug-likeness (QED) is 0.718. The third kappa shape index (κ3) is 4.57. The van der Waals surface area contributed by atoms with Gasteiger partial charge in [0, 0.05) is 19.2 Å². The number of aliphatic hydroxyl groups is 1. The van der Waals surface area contributed by atoms with Gasteiger partial charge in [-0.1, -0.05) is 26.7 Å². The van der Waals surface area contributed by atoms with E-state index in [1.807, 2.05) is 0 Å². The van der Waals surface area contributed by atoms with Gasteiger partial charge in [0.25, 0.3) is 0 Å². The van der Waals surface area contributed by atoms with Crippen LogP contribution in [0.4, 0.5) is 0 Å². The molecular weight excluding hydrogens is 212 g/mol. The lowest BCUT2D eigenvalue weighted by molar-refractivity contribution is 0.0712. The highest BCUT2D eigenvalue weighted by atomic mass is 16.3. The summed E-state index contributed by atoms with van der Waals surface area (Å²) in [6, 6.07) is 0.580. The van der Waals surface area contributed by atoms with Gasteiger partial charge in [0.2, 0.25) is 0 Å². The van der Waals surface area contributed by atoms with E-state index >= 15 is 0 Å². The summed E-state index contributed by atoms with van der Waals surface area (Å²) in [6.45, 7) is 7.90. The lowest BCUT2D eigenvalue weighted by Crippen LogP contribution is -2.47. The maximum absolute atomic E-state index is 9.14. The molecule has 1 aliphatic heterocycles. The number of nitrogens with zero attached hydrogens (tertiary/aromatic N) is 1. The first-order valence-corrected chi connectivity index (χ1v) is 7.20. The van der Waals surface area contributed by atoms with Crippen molar-refractivity contribution in [2.75, 3.05) is 26.2 Å². The normalized spacial score (nSPS) is 25.8. The molecule has 0 bridgehead atoms. The summed E-state index contributed by atoms with van der Waals surface area (Å²) in [7, 11) is 0. The number of hydrogen-bond donors (Lipinski definition) is 2. The van der Waals surface area contributed by atoms with E-state index in [0.717, 1.165) is 19.5 Å². The molecule has 2 unspecified atom stereocenters. The molecule has 3 N–H and O–H groups in total. The van der Waals surface area contributed by atoms with E-state index in [9.17, 15) is 0 Å². The lowest BCUT2D eigenvalue weighted by atomic mass is 9.83. The zero-order valence-electron chi connectivity index (χ0n) is 11.6. The Bertz CT molecular complexity index is 208. The molecular formula is C14H30N2O. The number of likely N-dealkylation sites (tertiary alicyclic amines) is 1. The monoisotopic (exact) mass is 242 g/mol. The smallest absolute Gasteiger partial charge is 0.0445 e. The molecule has 3 heteroatoms. The van der Waals surface area contributed by atoms with Crippen molar-refractivity contribution in [3.63, 3.8) is 0 Å².